The van der Waals surface area contributed by atoms with Gasteiger partial charge in [-0.15, -0.1) is 0 Å². The highest BCUT2D eigenvalue weighted by Gasteiger charge is 2.28. The summed E-state index contributed by atoms with van der Waals surface area (Å²) in [5.74, 6) is 0.604. The van der Waals surface area contributed by atoms with Crippen molar-refractivity contribution >= 4 is 23.3 Å². The third-order valence-electron chi connectivity index (χ3n) is 3.72. The van der Waals surface area contributed by atoms with Gasteiger partial charge in [0.1, 0.15) is 0 Å². The quantitative estimate of drug-likeness (QED) is 0.632. The summed E-state index contributed by atoms with van der Waals surface area (Å²) in [4.78, 5) is 21.1. The first kappa shape index (κ1) is 15.3. The van der Waals surface area contributed by atoms with Crippen LogP contribution in [-0.4, -0.2) is 34.0 Å². The van der Waals surface area contributed by atoms with Gasteiger partial charge in [0.05, 0.1) is 4.92 Å². The van der Waals surface area contributed by atoms with Gasteiger partial charge in [-0.1, -0.05) is 6.92 Å². The van der Waals surface area contributed by atoms with Crippen LogP contribution >= 0.6 is 0 Å². The number of rotatable bonds is 5. The van der Waals surface area contributed by atoms with E-state index in [9.17, 15) is 10.1 Å². The Morgan fingerprint density at radius 1 is 1.38 bits per heavy atom. The Morgan fingerprint density at radius 3 is 2.62 bits per heavy atom. The van der Waals surface area contributed by atoms with Gasteiger partial charge in [0.25, 0.3) is 0 Å². The van der Waals surface area contributed by atoms with Gasteiger partial charge in [0.15, 0.2) is 0 Å². The summed E-state index contributed by atoms with van der Waals surface area (Å²) < 4.78 is 0. The molecule has 1 saturated heterocycles. The van der Waals surface area contributed by atoms with E-state index in [1.54, 1.807) is 0 Å². The van der Waals surface area contributed by atoms with Crippen LogP contribution in [-0.2, 0) is 0 Å². The SMILES string of the molecule is CC[C@H](C)Nc1nc(N)c([N+](=O)[O-])c(N2CCCCC2)n1. The van der Waals surface area contributed by atoms with Crippen molar-refractivity contribution in [1.82, 2.24) is 9.97 Å². The number of nitro groups is 1. The fraction of sp³-hybridized carbons (Fsp3) is 0.692. The summed E-state index contributed by atoms with van der Waals surface area (Å²) in [7, 11) is 0. The molecule has 8 nitrogen and oxygen atoms in total. The van der Waals surface area contributed by atoms with E-state index in [2.05, 4.69) is 15.3 Å². The van der Waals surface area contributed by atoms with Crippen LogP contribution in [0, 0.1) is 10.1 Å². The van der Waals surface area contributed by atoms with Gasteiger partial charge in [-0.05, 0) is 32.6 Å². The molecule has 8 heteroatoms. The summed E-state index contributed by atoms with van der Waals surface area (Å²) in [6.07, 6.45) is 4.06. The topological polar surface area (TPSA) is 110 Å². The first-order chi connectivity index (χ1) is 10.0. The van der Waals surface area contributed by atoms with E-state index in [1.807, 2.05) is 18.7 Å². The Morgan fingerprint density at radius 2 is 2.05 bits per heavy atom. The molecule has 21 heavy (non-hydrogen) atoms. The standard InChI is InChI=1S/C13H22N6O2/c1-3-9(2)15-13-16-11(14)10(19(20)21)12(17-13)18-7-5-4-6-8-18/h9H,3-8H2,1-2H3,(H3,14,15,16,17)/t9-/m0/s1. The van der Waals surface area contributed by atoms with Crippen molar-refractivity contribution in [2.24, 2.45) is 0 Å². The molecule has 2 heterocycles. The number of hydrogen-bond acceptors (Lipinski definition) is 7. The lowest BCUT2D eigenvalue weighted by Crippen LogP contribution is -2.31. The molecule has 2 rings (SSSR count). The molecule has 0 bridgehead atoms. The van der Waals surface area contributed by atoms with Gasteiger partial charge in [-0.25, -0.2) is 0 Å². The number of aromatic nitrogens is 2. The second kappa shape index (κ2) is 6.55. The number of nitrogens with one attached hydrogen (secondary N) is 1. The van der Waals surface area contributed by atoms with Crippen LogP contribution in [0.4, 0.5) is 23.3 Å². The molecule has 116 valence electrons. The Hall–Kier alpha value is -2.12. The molecule has 0 amide bonds. The summed E-state index contributed by atoms with van der Waals surface area (Å²) in [6.45, 7) is 5.57. The maximum atomic E-state index is 11.3. The zero-order valence-electron chi connectivity index (χ0n) is 12.5. The predicted molar refractivity (Wildman–Crippen MR) is 82.5 cm³/mol. The Kier molecular flexibility index (Phi) is 4.77. The number of nitrogens with zero attached hydrogens (tertiary/aromatic N) is 4. The normalized spacial score (nSPS) is 16.6. The molecule has 1 fully saturated rings. The van der Waals surface area contributed by atoms with Crippen molar-refractivity contribution in [2.75, 3.05) is 29.0 Å². The average molecular weight is 294 g/mol. The third kappa shape index (κ3) is 3.50. The molecule has 0 aliphatic carbocycles. The zero-order valence-corrected chi connectivity index (χ0v) is 12.5. The number of piperidine rings is 1. The van der Waals surface area contributed by atoms with E-state index in [1.165, 1.54) is 0 Å². The second-order valence-electron chi connectivity index (χ2n) is 5.36. The van der Waals surface area contributed by atoms with E-state index in [0.717, 1.165) is 38.8 Å². The van der Waals surface area contributed by atoms with E-state index < -0.39 is 4.92 Å². The minimum atomic E-state index is -0.494. The summed E-state index contributed by atoms with van der Waals surface area (Å²) in [5.41, 5.74) is 5.60. The molecule has 1 aliphatic heterocycles. The van der Waals surface area contributed by atoms with Gasteiger partial charge in [0.2, 0.25) is 17.6 Å². The van der Waals surface area contributed by atoms with Gasteiger partial charge in [-0.2, -0.15) is 9.97 Å². The Labute approximate surface area is 123 Å². The molecule has 0 aromatic carbocycles. The molecular formula is C13H22N6O2. The van der Waals surface area contributed by atoms with Crippen LogP contribution in [0.3, 0.4) is 0 Å². The van der Waals surface area contributed by atoms with E-state index in [0.29, 0.717) is 11.8 Å². The highest BCUT2D eigenvalue weighted by Crippen LogP contribution is 2.33. The average Bonchev–Trinajstić information content (AvgIpc) is 2.47. The molecule has 0 spiro atoms. The van der Waals surface area contributed by atoms with Crippen LogP contribution in [0.25, 0.3) is 0 Å². The maximum Gasteiger partial charge on any atom is 0.353 e. The maximum absolute atomic E-state index is 11.3. The van der Waals surface area contributed by atoms with Gasteiger partial charge in [0, 0.05) is 19.1 Å². The predicted octanol–water partition coefficient (Wildman–Crippen LogP) is 2.17. The molecule has 0 saturated carbocycles. The van der Waals surface area contributed by atoms with Crippen molar-refractivity contribution in [3.05, 3.63) is 10.1 Å². The fourth-order valence-electron chi connectivity index (χ4n) is 2.35. The molecule has 1 aromatic heterocycles. The molecule has 1 aliphatic rings. The summed E-state index contributed by atoms with van der Waals surface area (Å²) in [5, 5.41) is 14.4. The fourth-order valence-corrected chi connectivity index (χ4v) is 2.35. The molecule has 3 N–H and O–H groups in total. The number of nitrogens with two attached hydrogens (primary N) is 1. The lowest BCUT2D eigenvalue weighted by Gasteiger charge is -2.27. The minimum absolute atomic E-state index is 0.0821. The highest BCUT2D eigenvalue weighted by molar-refractivity contribution is 5.71. The number of hydrogen-bond donors (Lipinski definition) is 2. The molecule has 1 atom stereocenters. The van der Waals surface area contributed by atoms with Crippen molar-refractivity contribution < 1.29 is 4.92 Å². The van der Waals surface area contributed by atoms with Gasteiger partial charge in [-0.3, -0.25) is 10.1 Å². The first-order valence-corrected chi connectivity index (χ1v) is 7.36. The van der Waals surface area contributed by atoms with E-state index in [4.69, 9.17) is 5.73 Å². The smallest absolute Gasteiger partial charge is 0.353 e. The van der Waals surface area contributed by atoms with Crippen LogP contribution in [0.5, 0.6) is 0 Å². The van der Waals surface area contributed by atoms with Crippen LogP contribution in [0.1, 0.15) is 39.5 Å². The Balaban J connectivity index is 2.39. The number of nitrogen functional groups attached to an aromatic ring is 1. The lowest BCUT2D eigenvalue weighted by molar-refractivity contribution is -0.383. The second-order valence-corrected chi connectivity index (χ2v) is 5.36. The minimum Gasteiger partial charge on any atom is -0.378 e. The summed E-state index contributed by atoms with van der Waals surface area (Å²) in [6, 6.07) is 0.181. The van der Waals surface area contributed by atoms with Crippen LogP contribution in [0.2, 0.25) is 0 Å². The van der Waals surface area contributed by atoms with Gasteiger partial charge >= 0.3 is 5.69 Å². The van der Waals surface area contributed by atoms with Crippen molar-refractivity contribution in [3.63, 3.8) is 0 Å². The first-order valence-electron chi connectivity index (χ1n) is 7.36. The van der Waals surface area contributed by atoms with Crippen molar-refractivity contribution in [3.8, 4) is 0 Å². The van der Waals surface area contributed by atoms with E-state index >= 15 is 0 Å². The molecule has 0 unspecified atom stereocenters. The Bertz CT molecular complexity index is 516. The van der Waals surface area contributed by atoms with Crippen molar-refractivity contribution in [2.45, 2.75) is 45.6 Å². The van der Waals surface area contributed by atoms with Crippen LogP contribution < -0.4 is 16.0 Å². The number of anilines is 3. The molecule has 0 radical (unpaired) electrons. The molecular weight excluding hydrogens is 272 g/mol. The highest BCUT2D eigenvalue weighted by atomic mass is 16.6. The van der Waals surface area contributed by atoms with E-state index in [-0.39, 0.29) is 17.5 Å². The molecule has 1 aromatic rings. The van der Waals surface area contributed by atoms with Crippen molar-refractivity contribution in [1.29, 1.82) is 0 Å². The monoisotopic (exact) mass is 294 g/mol. The van der Waals surface area contributed by atoms with Crippen LogP contribution in [0.15, 0.2) is 0 Å². The third-order valence-corrected chi connectivity index (χ3v) is 3.72. The zero-order chi connectivity index (χ0) is 15.4. The largest absolute Gasteiger partial charge is 0.378 e. The van der Waals surface area contributed by atoms with Gasteiger partial charge < -0.3 is 16.0 Å². The lowest BCUT2D eigenvalue weighted by atomic mass is 10.1. The summed E-state index contributed by atoms with van der Waals surface area (Å²) >= 11 is 0.